The zero-order valence-electron chi connectivity index (χ0n) is 36.5. The zero-order valence-corrected chi connectivity index (χ0v) is 36.5. The van der Waals surface area contributed by atoms with Gasteiger partial charge in [0.15, 0.2) is 6.29 Å². The molecular weight excluding hydrogens is 743 g/mol. The first-order valence-corrected chi connectivity index (χ1v) is 22.6. The van der Waals surface area contributed by atoms with Gasteiger partial charge in [0.1, 0.15) is 24.4 Å². The van der Waals surface area contributed by atoms with Gasteiger partial charge in [-0.3, -0.25) is 4.79 Å². The average molecular weight is 824 g/mol. The molecule has 7 unspecified atom stereocenters. The van der Waals surface area contributed by atoms with Gasteiger partial charge >= 0.3 is 0 Å². The smallest absolute Gasteiger partial charge is 0.220 e. The van der Waals surface area contributed by atoms with Gasteiger partial charge in [-0.15, -0.1) is 0 Å². The maximum absolute atomic E-state index is 12.8. The Morgan fingerprint density at radius 2 is 1.05 bits per heavy atom. The largest absolute Gasteiger partial charge is 0.394 e. The van der Waals surface area contributed by atoms with Crippen LogP contribution in [0.5, 0.6) is 0 Å². The van der Waals surface area contributed by atoms with E-state index in [-0.39, 0.29) is 12.5 Å². The van der Waals surface area contributed by atoms with Crippen LogP contribution < -0.4 is 5.32 Å². The molecule has 0 aromatic heterocycles. The number of ether oxygens (including phenoxy) is 2. The summed E-state index contributed by atoms with van der Waals surface area (Å²) < 4.78 is 11.0. The summed E-state index contributed by atoms with van der Waals surface area (Å²) in [4.78, 5) is 12.8. The second kappa shape index (κ2) is 39.0. The minimum absolute atomic E-state index is 0.204. The van der Waals surface area contributed by atoms with Crippen LogP contribution in [0.1, 0.15) is 142 Å². The van der Waals surface area contributed by atoms with Crippen LogP contribution >= 0.6 is 0 Å². The molecule has 1 aliphatic rings. The first-order chi connectivity index (χ1) is 28.8. The number of hydrogen-bond acceptors (Lipinski definition) is 8. The minimum atomic E-state index is -1.57. The summed E-state index contributed by atoms with van der Waals surface area (Å²) in [5.74, 6) is -0.205. The molecule has 7 atom stereocenters. The third-order valence-electron chi connectivity index (χ3n) is 9.83. The Morgan fingerprint density at radius 1 is 0.593 bits per heavy atom. The lowest BCUT2D eigenvalue weighted by atomic mass is 9.99. The summed E-state index contributed by atoms with van der Waals surface area (Å²) in [7, 11) is 0. The first-order valence-electron chi connectivity index (χ1n) is 22.6. The number of allylic oxidation sites excluding steroid dienone is 17. The van der Waals surface area contributed by atoms with E-state index in [1.54, 1.807) is 6.08 Å². The minimum Gasteiger partial charge on any atom is -0.394 e. The predicted octanol–water partition coefficient (Wildman–Crippen LogP) is 9.50. The van der Waals surface area contributed by atoms with E-state index in [0.717, 1.165) is 96.3 Å². The molecule has 1 amide bonds. The molecule has 1 rings (SSSR count). The Hall–Kier alpha value is -3.15. The van der Waals surface area contributed by atoms with Crippen molar-refractivity contribution in [2.75, 3.05) is 13.2 Å². The molecule has 9 heteroatoms. The van der Waals surface area contributed by atoms with E-state index in [0.29, 0.717) is 6.42 Å². The van der Waals surface area contributed by atoms with Crippen molar-refractivity contribution in [2.24, 2.45) is 0 Å². The highest BCUT2D eigenvalue weighted by Crippen LogP contribution is 2.22. The number of amides is 1. The van der Waals surface area contributed by atoms with Crippen LogP contribution in [0.25, 0.3) is 0 Å². The van der Waals surface area contributed by atoms with Crippen LogP contribution in [0.4, 0.5) is 0 Å². The molecule has 334 valence electrons. The molecule has 6 N–H and O–H groups in total. The highest BCUT2D eigenvalue weighted by molar-refractivity contribution is 5.76. The van der Waals surface area contributed by atoms with E-state index in [1.807, 2.05) is 13.0 Å². The van der Waals surface area contributed by atoms with Crippen LogP contribution in [-0.2, 0) is 14.3 Å². The van der Waals surface area contributed by atoms with Crippen molar-refractivity contribution in [3.8, 4) is 0 Å². The van der Waals surface area contributed by atoms with Crippen molar-refractivity contribution >= 4 is 5.91 Å². The van der Waals surface area contributed by atoms with Gasteiger partial charge in [-0.1, -0.05) is 168 Å². The van der Waals surface area contributed by atoms with Gasteiger partial charge < -0.3 is 40.3 Å². The number of rotatable bonds is 35. The summed E-state index contributed by atoms with van der Waals surface area (Å²) in [6.07, 6.45) is 51.0. The molecule has 0 aromatic carbocycles. The normalized spacial score (nSPS) is 21.8. The standard InChI is InChI=1S/C50H81NO8/c1-3-5-7-8-9-10-11-12-13-14-15-16-17-18-19-20-21-22-23-24-25-26-27-28-29-30-31-32-33-34-35-36-38-40-46(54)51-43(44(53)39-37-6-4-2)42-58-50-49(57)48(56)47(55)45(41-52)59-50/h5,7,9-10,12-13,15-16,18-19,21-22,24-25,27-28,37,39,43-45,47-50,52-53,55-57H,3-4,6,8,11,14,17,20,23,26,29-36,38,40-42H2,1-2H3,(H,51,54)/b7-5-,10-9-,13-12-,16-15-,19-18-,22-21-,25-24-,28-27-,39-37+. The molecule has 0 aromatic rings. The SMILES string of the molecule is CC/C=C\C/C=C\C/C=C\C/C=C\C/C=C\C/C=C\C/C=C\C/C=C\CCCCCCCCCCC(=O)NC(COC1OC(CO)C(O)C(O)C1O)C(O)/C=C/CCC. The molecule has 0 spiro atoms. The van der Waals surface area contributed by atoms with E-state index in [9.17, 15) is 30.3 Å². The van der Waals surface area contributed by atoms with Crippen LogP contribution in [0.2, 0.25) is 0 Å². The van der Waals surface area contributed by atoms with Gasteiger partial charge in [-0.2, -0.15) is 0 Å². The Morgan fingerprint density at radius 3 is 1.53 bits per heavy atom. The van der Waals surface area contributed by atoms with Gasteiger partial charge in [0.25, 0.3) is 0 Å². The van der Waals surface area contributed by atoms with E-state index in [1.165, 1.54) is 25.7 Å². The molecule has 0 bridgehead atoms. The number of carbonyl (C=O) groups excluding carboxylic acids is 1. The molecule has 0 saturated carbocycles. The second-order valence-corrected chi connectivity index (χ2v) is 15.1. The van der Waals surface area contributed by atoms with Gasteiger partial charge in [0.2, 0.25) is 5.91 Å². The maximum Gasteiger partial charge on any atom is 0.220 e. The van der Waals surface area contributed by atoms with E-state index >= 15 is 0 Å². The van der Waals surface area contributed by atoms with Crippen molar-refractivity contribution in [2.45, 2.75) is 185 Å². The van der Waals surface area contributed by atoms with E-state index in [4.69, 9.17) is 9.47 Å². The number of aliphatic hydroxyl groups excluding tert-OH is 5. The molecule has 59 heavy (non-hydrogen) atoms. The van der Waals surface area contributed by atoms with Crippen molar-refractivity contribution in [1.29, 1.82) is 0 Å². The second-order valence-electron chi connectivity index (χ2n) is 15.1. The van der Waals surface area contributed by atoms with Crippen molar-refractivity contribution in [1.82, 2.24) is 5.32 Å². The van der Waals surface area contributed by atoms with Crippen LogP contribution in [0.3, 0.4) is 0 Å². The summed E-state index contributed by atoms with van der Waals surface area (Å²) in [6, 6.07) is -0.812. The molecule has 1 heterocycles. The number of nitrogens with one attached hydrogen (secondary N) is 1. The summed E-state index contributed by atoms with van der Waals surface area (Å²) in [5.41, 5.74) is 0. The molecule has 0 aliphatic carbocycles. The first kappa shape index (κ1) is 53.9. The van der Waals surface area contributed by atoms with E-state index < -0.39 is 49.5 Å². The number of carbonyl (C=O) groups is 1. The fourth-order valence-corrected chi connectivity index (χ4v) is 6.23. The summed E-state index contributed by atoms with van der Waals surface area (Å²) >= 11 is 0. The lowest BCUT2D eigenvalue weighted by Crippen LogP contribution is -2.60. The van der Waals surface area contributed by atoms with Crippen LogP contribution in [0.15, 0.2) is 109 Å². The van der Waals surface area contributed by atoms with Crippen molar-refractivity contribution < 1.29 is 39.8 Å². The van der Waals surface area contributed by atoms with Gasteiger partial charge in [-0.05, 0) is 77.0 Å². The Balaban J connectivity index is 2.09. The average Bonchev–Trinajstić information content (AvgIpc) is 3.23. The topological polar surface area (TPSA) is 149 Å². The molecular formula is C50H81NO8. The molecule has 1 saturated heterocycles. The zero-order chi connectivity index (χ0) is 43.0. The molecule has 0 radical (unpaired) electrons. The monoisotopic (exact) mass is 824 g/mol. The molecule has 1 fully saturated rings. The summed E-state index contributed by atoms with van der Waals surface area (Å²) in [6.45, 7) is 3.40. The lowest BCUT2D eigenvalue weighted by Gasteiger charge is -2.40. The number of hydrogen-bond donors (Lipinski definition) is 6. The van der Waals surface area contributed by atoms with Crippen molar-refractivity contribution in [3.63, 3.8) is 0 Å². The van der Waals surface area contributed by atoms with E-state index in [2.05, 4.69) is 109 Å². The summed E-state index contributed by atoms with van der Waals surface area (Å²) in [5, 5.41) is 53.4. The fraction of sp³-hybridized carbons (Fsp3) is 0.620. The maximum atomic E-state index is 12.8. The van der Waals surface area contributed by atoms with Crippen LogP contribution in [0, 0.1) is 0 Å². The third-order valence-corrected chi connectivity index (χ3v) is 9.83. The van der Waals surface area contributed by atoms with Crippen molar-refractivity contribution in [3.05, 3.63) is 109 Å². The quantitative estimate of drug-likeness (QED) is 0.0274. The molecule has 9 nitrogen and oxygen atoms in total. The van der Waals surface area contributed by atoms with Gasteiger partial charge in [0, 0.05) is 6.42 Å². The number of aliphatic hydroxyl groups is 5. The Bertz CT molecular complexity index is 1280. The molecule has 1 aliphatic heterocycles. The Labute approximate surface area is 357 Å². The predicted molar refractivity (Wildman–Crippen MR) is 244 cm³/mol. The number of unbranched alkanes of at least 4 members (excludes halogenated alkanes) is 9. The highest BCUT2D eigenvalue weighted by atomic mass is 16.7. The highest BCUT2D eigenvalue weighted by Gasteiger charge is 2.44. The van der Waals surface area contributed by atoms with Gasteiger partial charge in [0.05, 0.1) is 25.4 Å². The lowest BCUT2D eigenvalue weighted by molar-refractivity contribution is -0.302. The fourth-order valence-electron chi connectivity index (χ4n) is 6.23. The van der Waals surface area contributed by atoms with Crippen LogP contribution in [-0.4, -0.2) is 87.5 Å². The Kier molecular flexibility index (Phi) is 35.6. The third kappa shape index (κ3) is 29.7. The van der Waals surface area contributed by atoms with Gasteiger partial charge in [-0.25, -0.2) is 0 Å².